The van der Waals surface area contributed by atoms with E-state index in [0.717, 1.165) is 53.8 Å². The largest absolute Gasteiger partial charge is 0.317 e. The average molecular weight is 448 g/mol. The van der Waals surface area contributed by atoms with Gasteiger partial charge in [-0.1, -0.05) is 0 Å². The van der Waals surface area contributed by atoms with Gasteiger partial charge in [0.05, 0.1) is 16.4 Å². The highest BCUT2D eigenvalue weighted by molar-refractivity contribution is 5.90. The molecule has 0 radical (unpaired) electrons. The zero-order valence-corrected chi connectivity index (χ0v) is 18.5. The summed E-state index contributed by atoms with van der Waals surface area (Å²) in [4.78, 5) is 9.18. The van der Waals surface area contributed by atoms with Crippen LogP contribution in [0.2, 0.25) is 0 Å². The molecule has 8 heteroatoms. The van der Waals surface area contributed by atoms with Crippen LogP contribution < -0.4 is 5.32 Å². The van der Waals surface area contributed by atoms with Crippen molar-refractivity contribution in [3.8, 4) is 11.1 Å². The summed E-state index contributed by atoms with van der Waals surface area (Å²) in [5.74, 6) is 0.912. The summed E-state index contributed by atoms with van der Waals surface area (Å²) < 4.78 is 17.1. The molecule has 2 aromatic heterocycles. The second-order valence-corrected chi connectivity index (χ2v) is 7.65. The highest BCUT2D eigenvalue weighted by Crippen LogP contribution is 2.32. The van der Waals surface area contributed by atoms with Crippen molar-refractivity contribution in [2.45, 2.75) is 25.7 Å². The lowest BCUT2D eigenvalue weighted by Crippen LogP contribution is -2.27. The number of piperidine rings is 1. The maximum Gasteiger partial charge on any atom is 0.141 e. The van der Waals surface area contributed by atoms with Crippen LogP contribution in [0.5, 0.6) is 0 Å². The summed E-state index contributed by atoms with van der Waals surface area (Å²) in [5, 5.41) is 9.31. The molecule has 1 aliphatic rings. The zero-order valence-electron chi connectivity index (χ0n) is 16.9. The first-order valence-corrected chi connectivity index (χ1v) is 9.70. The number of halogens is 3. The van der Waals surface area contributed by atoms with E-state index in [1.165, 1.54) is 0 Å². The Labute approximate surface area is 186 Å². The first kappa shape index (κ1) is 22.4. The van der Waals surface area contributed by atoms with E-state index in [4.69, 9.17) is 0 Å². The Morgan fingerprint density at radius 3 is 2.67 bits per heavy atom. The third kappa shape index (κ3) is 3.87. The number of benzene rings is 2. The van der Waals surface area contributed by atoms with Crippen molar-refractivity contribution in [2.75, 3.05) is 13.1 Å². The molecule has 4 aromatic rings. The number of fused-ring (bicyclic) bond motifs is 2. The van der Waals surface area contributed by atoms with Gasteiger partial charge in [0.15, 0.2) is 0 Å². The van der Waals surface area contributed by atoms with Crippen molar-refractivity contribution in [1.29, 1.82) is 0 Å². The fraction of sp³-hybridized carbons (Fsp3) is 0.318. The van der Waals surface area contributed by atoms with Crippen molar-refractivity contribution < 1.29 is 4.39 Å². The molecule has 1 fully saturated rings. The molecule has 0 amide bonds. The molecular formula is C22H24Cl2FN5. The van der Waals surface area contributed by atoms with E-state index in [2.05, 4.69) is 20.4 Å². The summed E-state index contributed by atoms with van der Waals surface area (Å²) in [6, 6.07) is 7.71. The van der Waals surface area contributed by atoms with Gasteiger partial charge in [0.1, 0.15) is 11.6 Å². The second kappa shape index (κ2) is 8.84. The number of rotatable bonds is 2. The Bertz CT molecular complexity index is 1200. The molecule has 0 atom stereocenters. The van der Waals surface area contributed by atoms with Crippen molar-refractivity contribution >= 4 is 46.6 Å². The van der Waals surface area contributed by atoms with Crippen molar-refractivity contribution in [3.05, 3.63) is 53.9 Å². The molecule has 0 aliphatic carbocycles. The van der Waals surface area contributed by atoms with Gasteiger partial charge in [-0.3, -0.25) is 4.68 Å². The van der Waals surface area contributed by atoms with E-state index in [1.807, 2.05) is 44.4 Å². The normalized spacial score (nSPS) is 14.5. The van der Waals surface area contributed by atoms with E-state index in [0.29, 0.717) is 22.4 Å². The Hall–Kier alpha value is -2.28. The molecule has 1 aliphatic heterocycles. The standard InChI is InChI=1S/C22H22FN5.2ClH/c1-13-9-15(10-16-12-28(2)27-21(13)16)17-3-4-19-18(20(17)23)11-25-22(26-19)14-5-7-24-8-6-14;;/h3-4,9-12,14,24H,5-8H2,1-2H3;2*1H. The minimum Gasteiger partial charge on any atom is -0.317 e. The molecule has 5 nitrogen and oxygen atoms in total. The first-order chi connectivity index (χ1) is 13.6. The number of nitrogens with zero attached hydrogens (tertiary/aromatic N) is 4. The SMILES string of the molecule is Cc1cc(-c2ccc3nc(C4CCNCC4)ncc3c2F)cc2cn(C)nc12.Cl.Cl. The minimum absolute atomic E-state index is 0. The van der Waals surface area contributed by atoms with Crippen LogP contribution in [-0.4, -0.2) is 32.8 Å². The van der Waals surface area contributed by atoms with E-state index in [9.17, 15) is 0 Å². The van der Waals surface area contributed by atoms with Crippen LogP contribution in [-0.2, 0) is 7.05 Å². The van der Waals surface area contributed by atoms with Crippen molar-refractivity contribution in [3.63, 3.8) is 0 Å². The summed E-state index contributed by atoms with van der Waals surface area (Å²) in [5.41, 5.74) is 4.07. The van der Waals surface area contributed by atoms with Crippen molar-refractivity contribution in [2.24, 2.45) is 7.05 Å². The maximum atomic E-state index is 15.4. The number of hydrogen-bond donors (Lipinski definition) is 1. The van der Waals surface area contributed by atoms with Gasteiger partial charge in [-0.05, 0) is 68.2 Å². The van der Waals surface area contributed by atoms with Crippen LogP contribution in [0.3, 0.4) is 0 Å². The van der Waals surface area contributed by atoms with Gasteiger partial charge in [-0.2, -0.15) is 5.10 Å². The molecule has 158 valence electrons. The molecule has 5 rings (SSSR count). The Morgan fingerprint density at radius 2 is 1.90 bits per heavy atom. The van der Waals surface area contributed by atoms with Crippen LogP contribution in [0.4, 0.5) is 4.39 Å². The van der Waals surface area contributed by atoms with Crippen LogP contribution in [0, 0.1) is 12.7 Å². The third-order valence-corrected chi connectivity index (χ3v) is 5.65. The smallest absolute Gasteiger partial charge is 0.141 e. The van der Waals surface area contributed by atoms with E-state index in [-0.39, 0.29) is 30.6 Å². The molecule has 2 aromatic carbocycles. The van der Waals surface area contributed by atoms with Crippen LogP contribution in [0.25, 0.3) is 32.9 Å². The molecule has 1 saturated heterocycles. The van der Waals surface area contributed by atoms with E-state index < -0.39 is 0 Å². The quantitative estimate of drug-likeness (QED) is 0.472. The van der Waals surface area contributed by atoms with Gasteiger partial charge in [0, 0.05) is 36.3 Å². The predicted octanol–water partition coefficient (Wildman–Crippen LogP) is 4.94. The van der Waals surface area contributed by atoms with E-state index >= 15 is 4.39 Å². The van der Waals surface area contributed by atoms with Gasteiger partial charge >= 0.3 is 0 Å². The topological polar surface area (TPSA) is 55.6 Å². The van der Waals surface area contributed by atoms with Crippen molar-refractivity contribution in [1.82, 2.24) is 25.1 Å². The van der Waals surface area contributed by atoms with Gasteiger partial charge < -0.3 is 5.32 Å². The summed E-state index contributed by atoms with van der Waals surface area (Å²) >= 11 is 0. The van der Waals surface area contributed by atoms with Gasteiger partial charge in [-0.15, -0.1) is 24.8 Å². The first-order valence-electron chi connectivity index (χ1n) is 9.70. The number of aromatic nitrogens is 4. The fourth-order valence-electron chi connectivity index (χ4n) is 4.17. The van der Waals surface area contributed by atoms with Crippen LogP contribution in [0.1, 0.15) is 30.1 Å². The Kier molecular flexibility index (Phi) is 6.60. The second-order valence-electron chi connectivity index (χ2n) is 7.65. The van der Waals surface area contributed by atoms with Gasteiger partial charge in [-0.25, -0.2) is 14.4 Å². The maximum absolute atomic E-state index is 15.4. The molecule has 0 saturated carbocycles. The molecule has 0 unspecified atom stereocenters. The monoisotopic (exact) mass is 447 g/mol. The van der Waals surface area contributed by atoms with Gasteiger partial charge in [0.2, 0.25) is 0 Å². The third-order valence-electron chi connectivity index (χ3n) is 5.65. The predicted molar refractivity (Wildman–Crippen MR) is 123 cm³/mol. The molecular weight excluding hydrogens is 424 g/mol. The lowest BCUT2D eigenvalue weighted by atomic mass is 9.96. The average Bonchev–Trinajstić information content (AvgIpc) is 3.09. The zero-order chi connectivity index (χ0) is 19.3. The molecule has 0 spiro atoms. The molecule has 0 bridgehead atoms. The van der Waals surface area contributed by atoms with E-state index in [1.54, 1.807) is 10.9 Å². The fourth-order valence-corrected chi connectivity index (χ4v) is 4.17. The van der Waals surface area contributed by atoms with Crippen LogP contribution in [0.15, 0.2) is 36.7 Å². The summed E-state index contributed by atoms with van der Waals surface area (Å²) in [7, 11) is 1.90. The molecule has 3 heterocycles. The highest BCUT2D eigenvalue weighted by atomic mass is 35.5. The number of aryl methyl sites for hydroxylation is 2. The Morgan fingerprint density at radius 1 is 1.13 bits per heavy atom. The van der Waals surface area contributed by atoms with Gasteiger partial charge in [0.25, 0.3) is 0 Å². The molecule has 30 heavy (non-hydrogen) atoms. The minimum atomic E-state index is -0.267. The lowest BCUT2D eigenvalue weighted by molar-refractivity contribution is 0.446. The number of nitrogens with one attached hydrogen (secondary N) is 1. The number of hydrogen-bond acceptors (Lipinski definition) is 4. The lowest BCUT2D eigenvalue weighted by Gasteiger charge is -2.21. The Balaban J connectivity index is 0.00000128. The van der Waals surface area contributed by atoms with Crippen LogP contribution >= 0.6 is 24.8 Å². The summed E-state index contributed by atoms with van der Waals surface area (Å²) in [6.45, 7) is 3.97. The summed E-state index contributed by atoms with van der Waals surface area (Å²) in [6.07, 6.45) is 5.65. The molecule has 1 N–H and O–H groups in total. The highest BCUT2D eigenvalue weighted by Gasteiger charge is 2.19.